The van der Waals surface area contributed by atoms with E-state index in [1.807, 2.05) is 0 Å². The Labute approximate surface area is 301 Å². The number of nitrogens with one attached hydrogen (secondary N) is 1. The van der Waals surface area contributed by atoms with E-state index in [0.29, 0.717) is 0 Å². The summed E-state index contributed by atoms with van der Waals surface area (Å²) in [7, 11) is 0. The number of hydrogen-bond acceptors (Lipinski definition) is 3. The molecule has 0 aromatic heterocycles. The molecule has 0 bridgehead atoms. The lowest BCUT2D eigenvalue weighted by Crippen LogP contribution is -2.12. The number of rotatable bonds is 39. The van der Waals surface area contributed by atoms with Crippen molar-refractivity contribution in [3.05, 3.63) is 23.8 Å². The highest BCUT2D eigenvalue weighted by Gasteiger charge is 2.05. The van der Waals surface area contributed by atoms with E-state index >= 15 is 0 Å². The van der Waals surface area contributed by atoms with Gasteiger partial charge in [0.15, 0.2) is 0 Å². The molecule has 0 aliphatic rings. The van der Waals surface area contributed by atoms with Gasteiger partial charge in [-0.1, -0.05) is 213 Å². The first-order valence-corrected chi connectivity index (χ1v) is 21.9. The molecule has 0 atom stereocenters. The van der Waals surface area contributed by atoms with Crippen molar-refractivity contribution < 1.29 is 9.47 Å². The van der Waals surface area contributed by atoms with Crippen molar-refractivity contribution in [2.24, 2.45) is 0 Å². The highest BCUT2D eigenvalue weighted by molar-refractivity contribution is 5.38. The Bertz CT molecular complexity index is 709. The first-order chi connectivity index (χ1) is 23.8. The minimum absolute atomic E-state index is 0.807. The molecular weight excluding hydrogens is 587 g/mol. The van der Waals surface area contributed by atoms with E-state index in [0.717, 1.165) is 50.6 Å². The molecule has 1 N–H and O–H groups in total. The van der Waals surface area contributed by atoms with Crippen molar-refractivity contribution in [3.63, 3.8) is 0 Å². The van der Waals surface area contributed by atoms with Gasteiger partial charge in [-0.3, -0.25) is 0 Å². The van der Waals surface area contributed by atoms with Gasteiger partial charge in [0.1, 0.15) is 11.5 Å². The lowest BCUT2D eigenvalue weighted by molar-refractivity contribution is 0.289. The second-order valence-corrected chi connectivity index (χ2v) is 14.9. The normalized spacial score (nSPS) is 11.4. The average molecular weight is 672 g/mol. The van der Waals surface area contributed by atoms with Crippen LogP contribution < -0.4 is 14.8 Å². The SMILES string of the molecule is CCCCCCCCCCCCCCCCCCOc1cc(CNCC)cc(OCCCCCCCCCCCCCCCCCC)c1. The Morgan fingerprint density at radius 3 is 0.896 bits per heavy atom. The molecule has 0 saturated carbocycles. The molecular formula is C45H85NO2. The van der Waals surface area contributed by atoms with E-state index in [4.69, 9.17) is 9.47 Å². The van der Waals surface area contributed by atoms with Gasteiger partial charge in [0.2, 0.25) is 0 Å². The van der Waals surface area contributed by atoms with Crippen molar-refractivity contribution in [3.8, 4) is 11.5 Å². The van der Waals surface area contributed by atoms with Crippen LogP contribution in [0.25, 0.3) is 0 Å². The van der Waals surface area contributed by atoms with Gasteiger partial charge in [-0.05, 0) is 37.1 Å². The molecule has 0 fully saturated rings. The maximum Gasteiger partial charge on any atom is 0.123 e. The molecule has 0 amide bonds. The van der Waals surface area contributed by atoms with Crippen molar-refractivity contribution in [1.29, 1.82) is 0 Å². The Balaban J connectivity index is 2.04. The van der Waals surface area contributed by atoms with Crippen molar-refractivity contribution in [1.82, 2.24) is 5.32 Å². The van der Waals surface area contributed by atoms with Crippen LogP contribution in [-0.4, -0.2) is 19.8 Å². The monoisotopic (exact) mass is 672 g/mol. The minimum atomic E-state index is 0.807. The van der Waals surface area contributed by atoms with Gasteiger partial charge in [0.25, 0.3) is 0 Å². The maximum absolute atomic E-state index is 6.22. The Morgan fingerprint density at radius 2 is 0.625 bits per heavy atom. The summed E-state index contributed by atoms with van der Waals surface area (Å²) < 4.78 is 12.4. The molecule has 0 unspecified atom stereocenters. The third-order valence-corrected chi connectivity index (χ3v) is 10.1. The van der Waals surface area contributed by atoms with Crippen molar-refractivity contribution >= 4 is 0 Å². The molecule has 0 saturated heterocycles. The number of ether oxygens (including phenoxy) is 2. The van der Waals surface area contributed by atoms with Crippen LogP contribution in [0.15, 0.2) is 18.2 Å². The molecule has 1 rings (SSSR count). The van der Waals surface area contributed by atoms with Crippen molar-refractivity contribution in [2.75, 3.05) is 19.8 Å². The lowest BCUT2D eigenvalue weighted by Gasteiger charge is -2.13. The molecule has 0 aliphatic heterocycles. The van der Waals surface area contributed by atoms with E-state index in [1.165, 1.54) is 198 Å². The standard InChI is InChI=1S/C45H85NO2/c1-4-7-9-11-13-15-17-19-21-23-25-27-29-31-33-35-37-47-44-39-43(42-46-6-3)40-45(41-44)48-38-36-34-32-30-28-26-24-22-20-18-16-14-12-10-8-5-2/h39-41,46H,4-38,42H2,1-3H3. The zero-order valence-electron chi connectivity index (χ0n) is 33.0. The van der Waals surface area contributed by atoms with Gasteiger partial charge in [-0.25, -0.2) is 0 Å². The summed E-state index contributed by atoms with van der Waals surface area (Å²) in [6, 6.07) is 6.49. The van der Waals surface area contributed by atoms with Gasteiger partial charge in [0, 0.05) is 12.6 Å². The summed E-state index contributed by atoms with van der Waals surface area (Å²) in [5.74, 6) is 1.93. The van der Waals surface area contributed by atoms with Gasteiger partial charge in [-0.2, -0.15) is 0 Å². The third-order valence-electron chi connectivity index (χ3n) is 10.1. The summed E-state index contributed by atoms with van der Waals surface area (Å²) in [5.41, 5.74) is 1.25. The molecule has 0 aliphatic carbocycles. The highest BCUT2D eigenvalue weighted by atomic mass is 16.5. The van der Waals surface area contributed by atoms with Crippen LogP contribution in [0.5, 0.6) is 11.5 Å². The summed E-state index contributed by atoms with van der Waals surface area (Å²) in [4.78, 5) is 0. The first kappa shape index (κ1) is 44.8. The predicted molar refractivity (Wildman–Crippen MR) is 214 cm³/mol. The highest BCUT2D eigenvalue weighted by Crippen LogP contribution is 2.24. The molecule has 1 aromatic carbocycles. The predicted octanol–water partition coefficient (Wildman–Crippen LogP) is 15.1. The Kier molecular flexibility index (Phi) is 34.6. The van der Waals surface area contributed by atoms with Crippen LogP contribution >= 0.6 is 0 Å². The number of hydrogen-bond donors (Lipinski definition) is 1. The Hall–Kier alpha value is -1.22. The molecule has 282 valence electrons. The Morgan fingerprint density at radius 1 is 0.354 bits per heavy atom. The van der Waals surface area contributed by atoms with Crippen LogP contribution in [0.1, 0.15) is 232 Å². The maximum atomic E-state index is 6.22. The lowest BCUT2D eigenvalue weighted by atomic mass is 10.0. The van der Waals surface area contributed by atoms with Gasteiger partial charge in [-0.15, -0.1) is 0 Å². The molecule has 0 heterocycles. The van der Waals surface area contributed by atoms with E-state index in [2.05, 4.69) is 44.3 Å². The quantitative estimate of drug-likeness (QED) is 0.0707. The number of unbranched alkanes of at least 4 members (excludes halogenated alkanes) is 30. The number of benzene rings is 1. The molecule has 3 heteroatoms. The van der Waals surface area contributed by atoms with Crippen molar-refractivity contribution in [2.45, 2.75) is 233 Å². The fourth-order valence-corrected chi connectivity index (χ4v) is 6.85. The summed E-state index contributed by atoms with van der Waals surface area (Å²) in [6.45, 7) is 10.2. The van der Waals surface area contributed by atoms with Crippen LogP contribution in [0.4, 0.5) is 0 Å². The fourth-order valence-electron chi connectivity index (χ4n) is 6.85. The molecule has 1 aromatic rings. The molecule has 0 spiro atoms. The molecule has 3 nitrogen and oxygen atoms in total. The van der Waals surface area contributed by atoms with Gasteiger partial charge in [0.05, 0.1) is 13.2 Å². The largest absolute Gasteiger partial charge is 0.493 e. The fraction of sp³-hybridized carbons (Fsp3) is 0.867. The van der Waals surface area contributed by atoms with Gasteiger partial charge < -0.3 is 14.8 Å². The van der Waals surface area contributed by atoms with E-state index in [-0.39, 0.29) is 0 Å². The van der Waals surface area contributed by atoms with Crippen LogP contribution in [0, 0.1) is 0 Å². The smallest absolute Gasteiger partial charge is 0.123 e. The second-order valence-electron chi connectivity index (χ2n) is 14.9. The van der Waals surface area contributed by atoms with Gasteiger partial charge >= 0.3 is 0 Å². The minimum Gasteiger partial charge on any atom is -0.493 e. The van der Waals surface area contributed by atoms with Crippen LogP contribution in [-0.2, 0) is 6.54 Å². The summed E-state index contributed by atoms with van der Waals surface area (Å²) in [6.07, 6.45) is 44.7. The van der Waals surface area contributed by atoms with E-state index in [1.54, 1.807) is 0 Å². The molecule has 48 heavy (non-hydrogen) atoms. The zero-order chi connectivity index (χ0) is 34.4. The second kappa shape index (κ2) is 37.0. The zero-order valence-corrected chi connectivity index (χ0v) is 33.0. The van der Waals surface area contributed by atoms with E-state index < -0.39 is 0 Å². The first-order valence-electron chi connectivity index (χ1n) is 21.9. The van der Waals surface area contributed by atoms with E-state index in [9.17, 15) is 0 Å². The average Bonchev–Trinajstić information content (AvgIpc) is 3.10. The topological polar surface area (TPSA) is 30.5 Å². The third kappa shape index (κ3) is 30.8. The van der Waals surface area contributed by atoms with Crippen LogP contribution in [0.2, 0.25) is 0 Å². The molecule has 0 radical (unpaired) electrons. The summed E-state index contributed by atoms with van der Waals surface area (Å²) >= 11 is 0. The summed E-state index contributed by atoms with van der Waals surface area (Å²) in [5, 5.41) is 3.46. The van der Waals surface area contributed by atoms with Crippen LogP contribution in [0.3, 0.4) is 0 Å².